The van der Waals surface area contributed by atoms with Gasteiger partial charge in [0.15, 0.2) is 0 Å². The minimum Gasteiger partial charge on any atom is -0.330 e. The Morgan fingerprint density at radius 1 is 1.27 bits per heavy atom. The smallest absolute Gasteiger partial charge is 0.00923 e. The van der Waals surface area contributed by atoms with Crippen molar-refractivity contribution in [2.45, 2.75) is 52.0 Å². The molecule has 2 heteroatoms. The average molecular weight is 212 g/mol. The third-order valence-corrected chi connectivity index (χ3v) is 3.63. The zero-order chi connectivity index (χ0) is 11.3. The van der Waals surface area contributed by atoms with Gasteiger partial charge in [0.2, 0.25) is 0 Å². The van der Waals surface area contributed by atoms with Crippen molar-refractivity contribution in [1.82, 2.24) is 4.90 Å². The van der Waals surface area contributed by atoms with Crippen LogP contribution < -0.4 is 5.73 Å². The number of hydrogen-bond acceptors (Lipinski definition) is 2. The molecule has 0 aromatic carbocycles. The van der Waals surface area contributed by atoms with Crippen molar-refractivity contribution >= 4 is 0 Å². The Bertz CT molecular complexity index is 162. The van der Waals surface area contributed by atoms with Crippen LogP contribution in [0.25, 0.3) is 0 Å². The lowest BCUT2D eigenvalue weighted by molar-refractivity contribution is 0.197. The standard InChI is InChI=1S/C13H28N2/c1-11(2)8-12(9-14)10-15(3)13-6-4-5-7-13/h11-13H,4-10,14H2,1-3H3. The van der Waals surface area contributed by atoms with E-state index in [1.54, 1.807) is 0 Å². The SMILES string of the molecule is CC(C)CC(CN)CN(C)C1CCCC1. The Kier molecular flexibility index (Phi) is 5.62. The lowest BCUT2D eigenvalue weighted by Crippen LogP contribution is -2.36. The van der Waals surface area contributed by atoms with E-state index < -0.39 is 0 Å². The molecule has 2 nitrogen and oxygen atoms in total. The lowest BCUT2D eigenvalue weighted by atomic mass is 9.96. The van der Waals surface area contributed by atoms with E-state index in [1.165, 1.54) is 38.6 Å². The molecular weight excluding hydrogens is 184 g/mol. The highest BCUT2D eigenvalue weighted by molar-refractivity contribution is 4.77. The summed E-state index contributed by atoms with van der Waals surface area (Å²) in [6, 6.07) is 0.839. The molecule has 0 aliphatic heterocycles. The normalized spacial score (nSPS) is 20.4. The summed E-state index contributed by atoms with van der Waals surface area (Å²) in [5, 5.41) is 0. The fourth-order valence-corrected chi connectivity index (χ4v) is 2.81. The van der Waals surface area contributed by atoms with Gasteiger partial charge in [0, 0.05) is 12.6 Å². The second-order valence-electron chi connectivity index (χ2n) is 5.61. The Morgan fingerprint density at radius 2 is 1.87 bits per heavy atom. The summed E-state index contributed by atoms with van der Waals surface area (Å²) < 4.78 is 0. The van der Waals surface area contributed by atoms with Gasteiger partial charge >= 0.3 is 0 Å². The molecule has 0 spiro atoms. The summed E-state index contributed by atoms with van der Waals surface area (Å²) >= 11 is 0. The van der Waals surface area contributed by atoms with Crippen molar-refractivity contribution in [2.24, 2.45) is 17.6 Å². The van der Waals surface area contributed by atoms with E-state index in [0.717, 1.165) is 18.5 Å². The molecule has 0 aromatic heterocycles. The van der Waals surface area contributed by atoms with Crippen molar-refractivity contribution in [2.75, 3.05) is 20.1 Å². The van der Waals surface area contributed by atoms with Crippen molar-refractivity contribution in [3.63, 3.8) is 0 Å². The molecule has 15 heavy (non-hydrogen) atoms. The summed E-state index contributed by atoms with van der Waals surface area (Å²) in [5.74, 6) is 1.46. The van der Waals surface area contributed by atoms with Gasteiger partial charge in [-0.05, 0) is 44.7 Å². The second-order valence-corrected chi connectivity index (χ2v) is 5.61. The quantitative estimate of drug-likeness (QED) is 0.733. The Hall–Kier alpha value is -0.0800. The molecule has 1 aliphatic carbocycles. The van der Waals surface area contributed by atoms with Gasteiger partial charge in [0.25, 0.3) is 0 Å². The van der Waals surface area contributed by atoms with Gasteiger partial charge in [-0.2, -0.15) is 0 Å². The minimum atomic E-state index is 0.690. The minimum absolute atomic E-state index is 0.690. The first-order chi connectivity index (χ1) is 7.13. The molecule has 0 aromatic rings. The summed E-state index contributed by atoms with van der Waals surface area (Å²) in [4.78, 5) is 2.55. The molecule has 0 heterocycles. The number of rotatable bonds is 6. The van der Waals surface area contributed by atoms with E-state index in [2.05, 4.69) is 25.8 Å². The van der Waals surface area contributed by atoms with Gasteiger partial charge in [-0.15, -0.1) is 0 Å². The molecule has 1 saturated carbocycles. The summed E-state index contributed by atoms with van der Waals surface area (Å²) in [6.07, 6.45) is 6.91. The average Bonchev–Trinajstić information content (AvgIpc) is 2.68. The molecule has 2 N–H and O–H groups in total. The van der Waals surface area contributed by atoms with Crippen LogP contribution in [-0.2, 0) is 0 Å². The monoisotopic (exact) mass is 212 g/mol. The summed E-state index contributed by atoms with van der Waals surface area (Å²) in [5.41, 5.74) is 5.84. The van der Waals surface area contributed by atoms with Crippen LogP contribution in [0.1, 0.15) is 46.0 Å². The van der Waals surface area contributed by atoms with Crippen LogP contribution in [0.2, 0.25) is 0 Å². The lowest BCUT2D eigenvalue weighted by Gasteiger charge is -2.29. The Labute approximate surface area is 95.2 Å². The first kappa shape index (κ1) is 13.0. The molecule has 1 atom stereocenters. The highest BCUT2D eigenvalue weighted by atomic mass is 15.1. The number of nitrogens with zero attached hydrogens (tertiary/aromatic N) is 1. The van der Waals surface area contributed by atoms with Crippen LogP contribution in [0.3, 0.4) is 0 Å². The van der Waals surface area contributed by atoms with E-state index in [1.807, 2.05) is 0 Å². The highest BCUT2D eigenvalue weighted by Crippen LogP contribution is 2.23. The molecule has 1 fully saturated rings. The summed E-state index contributed by atoms with van der Waals surface area (Å²) in [6.45, 7) is 6.62. The number of hydrogen-bond donors (Lipinski definition) is 1. The van der Waals surface area contributed by atoms with Crippen LogP contribution in [0.5, 0.6) is 0 Å². The van der Waals surface area contributed by atoms with Crippen LogP contribution in [0, 0.1) is 11.8 Å². The maximum absolute atomic E-state index is 5.84. The van der Waals surface area contributed by atoms with Crippen molar-refractivity contribution < 1.29 is 0 Å². The fourth-order valence-electron chi connectivity index (χ4n) is 2.81. The third-order valence-electron chi connectivity index (χ3n) is 3.63. The van der Waals surface area contributed by atoms with E-state index >= 15 is 0 Å². The highest BCUT2D eigenvalue weighted by Gasteiger charge is 2.21. The van der Waals surface area contributed by atoms with E-state index in [-0.39, 0.29) is 0 Å². The predicted molar refractivity (Wildman–Crippen MR) is 66.9 cm³/mol. The largest absolute Gasteiger partial charge is 0.330 e. The molecule has 1 rings (SSSR count). The fraction of sp³-hybridized carbons (Fsp3) is 1.00. The molecule has 0 saturated heterocycles. The van der Waals surface area contributed by atoms with Gasteiger partial charge in [-0.25, -0.2) is 0 Å². The van der Waals surface area contributed by atoms with Crippen molar-refractivity contribution in [3.8, 4) is 0 Å². The topological polar surface area (TPSA) is 29.3 Å². The van der Waals surface area contributed by atoms with Crippen molar-refractivity contribution in [3.05, 3.63) is 0 Å². The predicted octanol–water partition coefficient (Wildman–Crippen LogP) is 2.48. The third kappa shape index (κ3) is 4.52. The first-order valence-electron chi connectivity index (χ1n) is 6.53. The molecule has 1 unspecified atom stereocenters. The van der Waals surface area contributed by atoms with E-state index in [4.69, 9.17) is 5.73 Å². The Morgan fingerprint density at radius 3 is 2.33 bits per heavy atom. The molecule has 0 amide bonds. The first-order valence-corrected chi connectivity index (χ1v) is 6.53. The molecule has 90 valence electrons. The summed E-state index contributed by atoms with van der Waals surface area (Å²) in [7, 11) is 2.28. The molecule has 0 radical (unpaired) electrons. The van der Waals surface area contributed by atoms with Gasteiger partial charge in [-0.1, -0.05) is 26.7 Å². The molecule has 1 aliphatic rings. The second kappa shape index (κ2) is 6.49. The van der Waals surface area contributed by atoms with Crippen molar-refractivity contribution in [1.29, 1.82) is 0 Å². The van der Waals surface area contributed by atoms with Crippen LogP contribution in [0.4, 0.5) is 0 Å². The maximum Gasteiger partial charge on any atom is 0.00923 e. The maximum atomic E-state index is 5.84. The van der Waals surface area contributed by atoms with Crippen LogP contribution in [-0.4, -0.2) is 31.1 Å². The van der Waals surface area contributed by atoms with E-state index in [9.17, 15) is 0 Å². The van der Waals surface area contributed by atoms with Crippen LogP contribution in [0.15, 0.2) is 0 Å². The number of nitrogens with two attached hydrogens (primary N) is 1. The zero-order valence-electron chi connectivity index (χ0n) is 10.7. The van der Waals surface area contributed by atoms with E-state index in [0.29, 0.717) is 5.92 Å². The zero-order valence-corrected chi connectivity index (χ0v) is 10.7. The molecular formula is C13H28N2. The van der Waals surface area contributed by atoms with Crippen LogP contribution >= 0.6 is 0 Å². The Balaban J connectivity index is 2.29. The van der Waals surface area contributed by atoms with Gasteiger partial charge in [-0.3, -0.25) is 0 Å². The van der Waals surface area contributed by atoms with Gasteiger partial charge in [0.1, 0.15) is 0 Å². The van der Waals surface area contributed by atoms with Gasteiger partial charge < -0.3 is 10.6 Å². The molecule has 0 bridgehead atoms. The van der Waals surface area contributed by atoms with Gasteiger partial charge in [0.05, 0.1) is 0 Å².